The van der Waals surface area contributed by atoms with Gasteiger partial charge in [-0.2, -0.15) is 0 Å². The maximum absolute atomic E-state index is 12.9. The molecule has 2 atom stereocenters. The lowest BCUT2D eigenvalue weighted by molar-refractivity contribution is -0.125. The van der Waals surface area contributed by atoms with Crippen molar-refractivity contribution in [3.63, 3.8) is 0 Å². The van der Waals surface area contributed by atoms with Gasteiger partial charge in [0.05, 0.1) is 6.04 Å². The fourth-order valence-electron chi connectivity index (χ4n) is 4.02. The summed E-state index contributed by atoms with van der Waals surface area (Å²) in [5.41, 5.74) is 3.15. The Labute approximate surface area is 161 Å². The molecule has 2 aromatic carbocycles. The molecule has 2 unspecified atom stereocenters. The standard InChI is InChI=1S/C21H21BrN2O2/c22-16-10-7-15(8-11-16)21(26)24-13-3-6-19(24)20(25)23-18-12-9-14-4-1-2-5-17(14)18/h1-2,4-5,7-8,10-11,18-19H,3,6,9,12-13H2,(H,23,25). The Balaban J connectivity index is 1.47. The van der Waals surface area contributed by atoms with Gasteiger partial charge in [-0.15, -0.1) is 0 Å². The number of likely N-dealkylation sites (tertiary alicyclic amines) is 1. The first-order chi connectivity index (χ1) is 12.6. The molecule has 0 bridgehead atoms. The highest BCUT2D eigenvalue weighted by Gasteiger charge is 2.36. The highest BCUT2D eigenvalue weighted by Crippen LogP contribution is 2.31. The Kier molecular flexibility index (Phi) is 4.81. The first kappa shape index (κ1) is 17.3. The number of amides is 2. The zero-order valence-corrected chi connectivity index (χ0v) is 16.0. The van der Waals surface area contributed by atoms with E-state index in [9.17, 15) is 9.59 Å². The van der Waals surface area contributed by atoms with Crippen molar-refractivity contribution in [2.45, 2.75) is 37.8 Å². The molecule has 4 rings (SSSR count). The van der Waals surface area contributed by atoms with E-state index in [4.69, 9.17) is 0 Å². The molecule has 0 radical (unpaired) electrons. The third-order valence-corrected chi connectivity index (χ3v) is 5.89. The van der Waals surface area contributed by atoms with E-state index in [1.54, 1.807) is 17.0 Å². The van der Waals surface area contributed by atoms with E-state index in [-0.39, 0.29) is 23.9 Å². The molecule has 0 spiro atoms. The lowest BCUT2D eigenvalue weighted by atomic mass is 10.1. The van der Waals surface area contributed by atoms with E-state index in [0.717, 1.165) is 30.2 Å². The van der Waals surface area contributed by atoms with Gasteiger partial charge in [0.15, 0.2) is 0 Å². The van der Waals surface area contributed by atoms with Crippen molar-refractivity contribution in [2.75, 3.05) is 6.54 Å². The molecule has 26 heavy (non-hydrogen) atoms. The van der Waals surface area contributed by atoms with Crippen LogP contribution in [0.25, 0.3) is 0 Å². The van der Waals surface area contributed by atoms with Gasteiger partial charge in [0.25, 0.3) is 5.91 Å². The van der Waals surface area contributed by atoms with Crippen molar-refractivity contribution in [2.24, 2.45) is 0 Å². The monoisotopic (exact) mass is 412 g/mol. The van der Waals surface area contributed by atoms with E-state index in [1.165, 1.54) is 11.1 Å². The predicted octanol–water partition coefficient (Wildman–Crippen LogP) is 3.86. The van der Waals surface area contributed by atoms with E-state index in [2.05, 4.69) is 33.4 Å². The van der Waals surface area contributed by atoms with Gasteiger partial charge in [-0.1, -0.05) is 40.2 Å². The number of carbonyl (C=O) groups excluding carboxylic acids is 2. The molecule has 1 aliphatic heterocycles. The molecule has 2 aromatic rings. The zero-order valence-electron chi connectivity index (χ0n) is 14.5. The van der Waals surface area contributed by atoms with Gasteiger partial charge in [-0.25, -0.2) is 0 Å². The number of rotatable bonds is 3. The summed E-state index contributed by atoms with van der Waals surface area (Å²) in [7, 11) is 0. The molecule has 134 valence electrons. The van der Waals surface area contributed by atoms with Crippen molar-refractivity contribution < 1.29 is 9.59 Å². The average Bonchev–Trinajstić information content (AvgIpc) is 3.29. The number of aryl methyl sites for hydroxylation is 1. The van der Waals surface area contributed by atoms with Gasteiger partial charge >= 0.3 is 0 Å². The van der Waals surface area contributed by atoms with Crippen molar-refractivity contribution in [3.05, 3.63) is 69.7 Å². The molecule has 1 heterocycles. The number of nitrogens with zero attached hydrogens (tertiary/aromatic N) is 1. The molecule has 5 heteroatoms. The molecule has 1 N–H and O–H groups in total. The second kappa shape index (κ2) is 7.23. The van der Waals surface area contributed by atoms with Crippen LogP contribution in [0.4, 0.5) is 0 Å². The molecule has 4 nitrogen and oxygen atoms in total. The number of nitrogens with one attached hydrogen (secondary N) is 1. The van der Waals surface area contributed by atoms with Gasteiger partial charge in [0.2, 0.25) is 5.91 Å². The smallest absolute Gasteiger partial charge is 0.254 e. The van der Waals surface area contributed by atoms with E-state index < -0.39 is 0 Å². The van der Waals surface area contributed by atoms with Crippen LogP contribution < -0.4 is 5.32 Å². The van der Waals surface area contributed by atoms with Crippen LogP contribution in [0, 0.1) is 0 Å². The second-order valence-electron chi connectivity index (χ2n) is 6.96. The Morgan fingerprint density at radius 1 is 1.04 bits per heavy atom. The summed E-state index contributed by atoms with van der Waals surface area (Å²) in [6.07, 6.45) is 3.51. The molecule has 1 aliphatic carbocycles. The lowest BCUT2D eigenvalue weighted by Gasteiger charge is -2.26. The van der Waals surface area contributed by atoms with Crippen molar-refractivity contribution in [1.29, 1.82) is 0 Å². The third kappa shape index (κ3) is 3.28. The van der Waals surface area contributed by atoms with Crippen LogP contribution in [-0.4, -0.2) is 29.3 Å². The van der Waals surface area contributed by atoms with Crippen LogP contribution in [0.5, 0.6) is 0 Å². The molecular formula is C21H21BrN2O2. The number of fused-ring (bicyclic) bond motifs is 1. The topological polar surface area (TPSA) is 49.4 Å². The fourth-order valence-corrected chi connectivity index (χ4v) is 4.28. The Morgan fingerprint density at radius 3 is 2.62 bits per heavy atom. The summed E-state index contributed by atoms with van der Waals surface area (Å²) in [6.45, 7) is 0.633. The van der Waals surface area contributed by atoms with Gasteiger partial charge in [-0.05, 0) is 61.1 Å². The van der Waals surface area contributed by atoms with Crippen LogP contribution in [0.3, 0.4) is 0 Å². The lowest BCUT2D eigenvalue weighted by Crippen LogP contribution is -2.46. The maximum Gasteiger partial charge on any atom is 0.254 e. The Hall–Kier alpha value is -2.14. The Morgan fingerprint density at radius 2 is 1.81 bits per heavy atom. The number of hydrogen-bond donors (Lipinski definition) is 1. The first-order valence-corrected chi connectivity index (χ1v) is 9.87. The molecule has 0 aromatic heterocycles. The van der Waals surface area contributed by atoms with Crippen LogP contribution in [0.2, 0.25) is 0 Å². The quantitative estimate of drug-likeness (QED) is 0.831. The van der Waals surface area contributed by atoms with E-state index >= 15 is 0 Å². The molecule has 0 saturated carbocycles. The second-order valence-corrected chi connectivity index (χ2v) is 7.88. The van der Waals surface area contributed by atoms with Gasteiger partial charge in [0, 0.05) is 16.6 Å². The summed E-state index contributed by atoms with van der Waals surface area (Å²) in [5.74, 6) is -0.100. The van der Waals surface area contributed by atoms with Crippen LogP contribution in [-0.2, 0) is 11.2 Å². The minimum atomic E-state index is -0.376. The number of benzene rings is 2. The molecule has 2 amide bonds. The van der Waals surface area contributed by atoms with Crippen molar-refractivity contribution >= 4 is 27.7 Å². The maximum atomic E-state index is 12.9. The fraction of sp³-hybridized carbons (Fsp3) is 0.333. The highest BCUT2D eigenvalue weighted by molar-refractivity contribution is 9.10. The molecular weight excluding hydrogens is 392 g/mol. The van der Waals surface area contributed by atoms with Gasteiger partial charge in [0.1, 0.15) is 6.04 Å². The average molecular weight is 413 g/mol. The predicted molar refractivity (Wildman–Crippen MR) is 104 cm³/mol. The first-order valence-electron chi connectivity index (χ1n) is 9.08. The minimum absolute atomic E-state index is 0.0327. The summed E-state index contributed by atoms with van der Waals surface area (Å²) in [6, 6.07) is 15.3. The largest absolute Gasteiger partial charge is 0.347 e. The number of hydrogen-bond acceptors (Lipinski definition) is 2. The Bertz CT molecular complexity index is 834. The van der Waals surface area contributed by atoms with E-state index in [1.807, 2.05) is 24.3 Å². The zero-order chi connectivity index (χ0) is 18.1. The normalized spacial score (nSPS) is 21.5. The van der Waals surface area contributed by atoms with Crippen molar-refractivity contribution in [1.82, 2.24) is 10.2 Å². The van der Waals surface area contributed by atoms with Crippen LogP contribution in [0.15, 0.2) is 53.0 Å². The van der Waals surface area contributed by atoms with E-state index in [0.29, 0.717) is 12.1 Å². The summed E-state index contributed by atoms with van der Waals surface area (Å²) in [4.78, 5) is 27.5. The molecule has 2 aliphatic rings. The summed E-state index contributed by atoms with van der Waals surface area (Å²) < 4.78 is 0.935. The highest BCUT2D eigenvalue weighted by atomic mass is 79.9. The third-order valence-electron chi connectivity index (χ3n) is 5.36. The van der Waals surface area contributed by atoms with Gasteiger partial charge < -0.3 is 10.2 Å². The number of carbonyl (C=O) groups is 2. The SMILES string of the molecule is O=C(NC1CCc2ccccc21)C1CCCN1C(=O)c1ccc(Br)cc1. The molecule has 1 saturated heterocycles. The van der Waals surface area contributed by atoms with Crippen LogP contribution in [0.1, 0.15) is 46.8 Å². The van der Waals surface area contributed by atoms with Crippen molar-refractivity contribution in [3.8, 4) is 0 Å². The summed E-state index contributed by atoms with van der Waals surface area (Å²) >= 11 is 3.39. The van der Waals surface area contributed by atoms with Gasteiger partial charge in [-0.3, -0.25) is 9.59 Å². The minimum Gasteiger partial charge on any atom is -0.347 e. The number of halogens is 1. The summed E-state index contributed by atoms with van der Waals surface area (Å²) in [5, 5.41) is 3.18. The van der Waals surface area contributed by atoms with Crippen LogP contribution >= 0.6 is 15.9 Å². The molecule has 1 fully saturated rings.